The van der Waals surface area contributed by atoms with Crippen molar-refractivity contribution in [3.05, 3.63) is 64.9 Å². The van der Waals surface area contributed by atoms with E-state index in [-0.39, 0.29) is 24.4 Å². The van der Waals surface area contributed by atoms with E-state index in [0.29, 0.717) is 33.8 Å². The summed E-state index contributed by atoms with van der Waals surface area (Å²) in [6, 6.07) is 14.1. The Bertz CT molecular complexity index is 1110. The van der Waals surface area contributed by atoms with Crippen LogP contribution < -0.4 is 10.1 Å². The normalized spacial score (nSPS) is 11.6. The Balaban J connectivity index is 1.64. The Morgan fingerprint density at radius 1 is 1.15 bits per heavy atom. The Kier molecular flexibility index (Phi) is 8.73. The minimum atomic E-state index is -0.477. The number of para-hydroxylation sites is 1. The lowest BCUT2D eigenvalue weighted by atomic mass is 10.2. The molecule has 3 rings (SSSR count). The van der Waals surface area contributed by atoms with Crippen LogP contribution in [0.1, 0.15) is 43.1 Å². The molecule has 0 spiro atoms. The van der Waals surface area contributed by atoms with Crippen molar-refractivity contribution in [2.45, 2.75) is 38.6 Å². The molecule has 1 heterocycles. The van der Waals surface area contributed by atoms with Gasteiger partial charge in [-0.15, -0.1) is 10.2 Å². The number of carbonyl (C=O) groups is 2. The maximum Gasteiger partial charge on any atom is 0.338 e. The molecule has 2 aromatic carbocycles. The molecule has 174 valence electrons. The number of hydrogen-bond acceptors (Lipinski definition) is 7. The predicted molar refractivity (Wildman–Crippen MR) is 128 cm³/mol. The SMILES string of the molecule is CCOC(=O)c1ccc(Cl)c(NC(=O)CSc2nnc(C(C)Oc3ccccc3)n2CC)c1. The highest BCUT2D eigenvalue weighted by atomic mass is 35.5. The lowest BCUT2D eigenvalue weighted by Gasteiger charge is -2.15. The van der Waals surface area contributed by atoms with Gasteiger partial charge in [-0.2, -0.15) is 0 Å². The molecule has 1 unspecified atom stereocenters. The number of aromatic nitrogens is 3. The number of nitrogens with zero attached hydrogens (tertiary/aromatic N) is 3. The van der Waals surface area contributed by atoms with Gasteiger partial charge in [-0.1, -0.05) is 41.6 Å². The van der Waals surface area contributed by atoms with Gasteiger partial charge in [-0.25, -0.2) is 4.79 Å². The standard InChI is InChI=1S/C23H25ClN4O4S/c1-4-28-21(15(3)32-17-9-7-6-8-10-17)26-27-23(28)33-14-20(29)25-19-13-16(11-12-18(19)24)22(30)31-5-2/h6-13,15H,4-5,14H2,1-3H3,(H,25,29). The van der Waals surface area contributed by atoms with E-state index in [4.69, 9.17) is 21.1 Å². The van der Waals surface area contributed by atoms with E-state index < -0.39 is 5.97 Å². The first-order valence-electron chi connectivity index (χ1n) is 10.5. The van der Waals surface area contributed by atoms with Crippen molar-refractivity contribution in [1.29, 1.82) is 0 Å². The van der Waals surface area contributed by atoms with Gasteiger partial charge in [-0.05, 0) is 51.1 Å². The quantitative estimate of drug-likeness (QED) is 0.317. The zero-order valence-corrected chi connectivity index (χ0v) is 20.2. The molecular formula is C23H25ClN4O4S. The van der Waals surface area contributed by atoms with Crippen molar-refractivity contribution in [2.24, 2.45) is 0 Å². The Labute approximate surface area is 201 Å². The average Bonchev–Trinajstić information content (AvgIpc) is 3.23. The fourth-order valence-corrected chi connectivity index (χ4v) is 4.01. The topological polar surface area (TPSA) is 95.3 Å². The van der Waals surface area contributed by atoms with E-state index in [0.717, 1.165) is 5.75 Å². The predicted octanol–water partition coefficient (Wildman–Crippen LogP) is 5.00. The largest absolute Gasteiger partial charge is 0.483 e. The van der Waals surface area contributed by atoms with Gasteiger partial charge in [0.25, 0.3) is 0 Å². The summed E-state index contributed by atoms with van der Waals surface area (Å²) in [5.74, 6) is 0.741. The molecule has 0 aliphatic carbocycles. The molecule has 3 aromatic rings. The molecule has 0 saturated heterocycles. The molecule has 0 radical (unpaired) electrons. The molecule has 0 aliphatic rings. The summed E-state index contributed by atoms with van der Waals surface area (Å²) in [5.41, 5.74) is 0.655. The smallest absolute Gasteiger partial charge is 0.338 e. The fraction of sp³-hybridized carbons (Fsp3) is 0.304. The second kappa shape index (κ2) is 11.7. The summed E-state index contributed by atoms with van der Waals surface area (Å²) >= 11 is 7.43. The molecule has 0 bridgehead atoms. The zero-order chi connectivity index (χ0) is 23.8. The van der Waals surface area contributed by atoms with Gasteiger partial charge in [0.2, 0.25) is 5.91 Å². The summed E-state index contributed by atoms with van der Waals surface area (Å²) in [5, 5.41) is 12.2. The van der Waals surface area contributed by atoms with Crippen molar-refractivity contribution < 1.29 is 19.1 Å². The molecule has 0 saturated carbocycles. The number of ether oxygens (including phenoxy) is 2. The maximum absolute atomic E-state index is 12.5. The minimum absolute atomic E-state index is 0.0893. The zero-order valence-electron chi connectivity index (χ0n) is 18.6. The second-order valence-corrected chi connectivity index (χ2v) is 8.26. The summed E-state index contributed by atoms with van der Waals surface area (Å²) < 4.78 is 12.9. The average molecular weight is 489 g/mol. The van der Waals surface area contributed by atoms with Crippen LogP contribution in [-0.2, 0) is 16.1 Å². The van der Waals surface area contributed by atoms with Crippen LogP contribution in [0.3, 0.4) is 0 Å². The first-order chi connectivity index (χ1) is 15.9. The maximum atomic E-state index is 12.5. The van der Waals surface area contributed by atoms with Crippen molar-refractivity contribution >= 4 is 40.9 Å². The number of carbonyl (C=O) groups excluding carboxylic acids is 2. The molecule has 33 heavy (non-hydrogen) atoms. The second-order valence-electron chi connectivity index (χ2n) is 6.91. The lowest BCUT2D eigenvalue weighted by molar-refractivity contribution is -0.113. The first-order valence-corrected chi connectivity index (χ1v) is 11.8. The van der Waals surface area contributed by atoms with Crippen molar-refractivity contribution in [3.8, 4) is 5.75 Å². The highest BCUT2D eigenvalue weighted by molar-refractivity contribution is 7.99. The number of amides is 1. The van der Waals surface area contributed by atoms with E-state index in [1.165, 1.54) is 17.8 Å². The third-order valence-corrected chi connectivity index (χ3v) is 5.86. The Hall–Kier alpha value is -3.04. The van der Waals surface area contributed by atoms with Crippen LogP contribution in [0.2, 0.25) is 5.02 Å². The summed E-state index contributed by atoms with van der Waals surface area (Å²) in [4.78, 5) is 24.5. The molecule has 0 fully saturated rings. The van der Waals surface area contributed by atoms with Crippen LogP contribution in [-0.4, -0.2) is 39.0 Å². The molecular weight excluding hydrogens is 464 g/mol. The van der Waals surface area contributed by atoms with Gasteiger partial charge in [0.05, 0.1) is 28.6 Å². The summed E-state index contributed by atoms with van der Waals surface area (Å²) in [7, 11) is 0. The van der Waals surface area contributed by atoms with Gasteiger partial charge < -0.3 is 19.4 Å². The molecule has 1 amide bonds. The van der Waals surface area contributed by atoms with Crippen LogP contribution in [0.4, 0.5) is 5.69 Å². The van der Waals surface area contributed by atoms with Crippen molar-refractivity contribution in [2.75, 3.05) is 17.7 Å². The number of benzene rings is 2. The number of halogens is 1. The molecule has 10 heteroatoms. The van der Waals surface area contributed by atoms with E-state index in [2.05, 4.69) is 15.5 Å². The number of nitrogens with one attached hydrogen (secondary N) is 1. The van der Waals surface area contributed by atoms with Crippen molar-refractivity contribution in [3.63, 3.8) is 0 Å². The molecule has 1 N–H and O–H groups in total. The third kappa shape index (κ3) is 6.49. The van der Waals surface area contributed by atoms with Crippen LogP contribution in [0, 0.1) is 0 Å². The van der Waals surface area contributed by atoms with Crippen molar-refractivity contribution in [1.82, 2.24) is 14.8 Å². The van der Waals surface area contributed by atoms with E-state index in [9.17, 15) is 9.59 Å². The van der Waals surface area contributed by atoms with Gasteiger partial charge >= 0.3 is 5.97 Å². The van der Waals surface area contributed by atoms with Crippen LogP contribution in [0.25, 0.3) is 0 Å². The third-order valence-electron chi connectivity index (χ3n) is 4.57. The number of rotatable bonds is 10. The Morgan fingerprint density at radius 2 is 1.91 bits per heavy atom. The number of hydrogen-bond donors (Lipinski definition) is 1. The van der Waals surface area contributed by atoms with Gasteiger partial charge in [0.15, 0.2) is 17.1 Å². The molecule has 1 aromatic heterocycles. The van der Waals surface area contributed by atoms with E-state index in [1.807, 2.05) is 48.7 Å². The van der Waals surface area contributed by atoms with Crippen LogP contribution in [0.15, 0.2) is 53.7 Å². The minimum Gasteiger partial charge on any atom is -0.483 e. The Morgan fingerprint density at radius 3 is 2.61 bits per heavy atom. The van der Waals surface area contributed by atoms with Crippen LogP contribution in [0.5, 0.6) is 5.75 Å². The number of esters is 1. The number of thioether (sulfide) groups is 1. The van der Waals surface area contributed by atoms with Gasteiger partial charge in [-0.3, -0.25) is 4.79 Å². The highest BCUT2D eigenvalue weighted by Gasteiger charge is 2.20. The molecule has 8 nitrogen and oxygen atoms in total. The highest BCUT2D eigenvalue weighted by Crippen LogP contribution is 2.26. The molecule has 0 aliphatic heterocycles. The monoisotopic (exact) mass is 488 g/mol. The molecule has 1 atom stereocenters. The van der Waals surface area contributed by atoms with Gasteiger partial charge in [0, 0.05) is 6.54 Å². The first kappa shape index (κ1) is 24.6. The van der Waals surface area contributed by atoms with E-state index >= 15 is 0 Å². The lowest BCUT2D eigenvalue weighted by Crippen LogP contribution is -2.16. The summed E-state index contributed by atoms with van der Waals surface area (Å²) in [6.45, 7) is 6.50. The fourth-order valence-electron chi connectivity index (χ4n) is 3.04. The van der Waals surface area contributed by atoms with Crippen LogP contribution >= 0.6 is 23.4 Å². The van der Waals surface area contributed by atoms with E-state index in [1.54, 1.807) is 19.1 Å². The van der Waals surface area contributed by atoms with Gasteiger partial charge in [0.1, 0.15) is 5.75 Å². The number of anilines is 1. The summed E-state index contributed by atoms with van der Waals surface area (Å²) in [6.07, 6.45) is -0.313.